The van der Waals surface area contributed by atoms with Gasteiger partial charge in [0.15, 0.2) is 5.82 Å². The molecule has 4 rings (SSSR count). The Morgan fingerprint density at radius 1 is 1.32 bits per heavy atom. The monoisotopic (exact) mass is 338 g/mol. The van der Waals surface area contributed by atoms with Crippen molar-refractivity contribution >= 4 is 34.2 Å². The predicted octanol–water partition coefficient (Wildman–Crippen LogP) is 2.06. The molecule has 0 aliphatic heterocycles. The molecule has 0 bridgehead atoms. The number of benzene rings is 1. The van der Waals surface area contributed by atoms with Gasteiger partial charge in [-0.3, -0.25) is 9.59 Å². The van der Waals surface area contributed by atoms with Crippen molar-refractivity contribution in [2.24, 2.45) is 5.92 Å². The second-order valence-electron chi connectivity index (χ2n) is 6.34. The fraction of sp³-hybridized carbons (Fsp3) is 0.294. The van der Waals surface area contributed by atoms with E-state index in [4.69, 9.17) is 0 Å². The lowest BCUT2D eigenvalue weighted by atomic mass is 10.2. The van der Waals surface area contributed by atoms with Gasteiger partial charge in [-0.15, -0.1) is 5.10 Å². The molecule has 8 nitrogen and oxygen atoms in total. The van der Waals surface area contributed by atoms with Crippen LogP contribution >= 0.6 is 0 Å². The fourth-order valence-electron chi connectivity index (χ4n) is 2.74. The maximum absolute atomic E-state index is 12.3. The summed E-state index contributed by atoms with van der Waals surface area (Å²) in [7, 11) is 0. The molecule has 1 fully saturated rings. The van der Waals surface area contributed by atoms with Gasteiger partial charge in [-0.1, -0.05) is 17.3 Å². The fourth-order valence-corrected chi connectivity index (χ4v) is 2.74. The first-order chi connectivity index (χ1) is 12.1. The van der Waals surface area contributed by atoms with Crippen molar-refractivity contribution in [3.05, 3.63) is 36.2 Å². The zero-order valence-corrected chi connectivity index (χ0v) is 13.7. The van der Waals surface area contributed by atoms with Gasteiger partial charge in [0, 0.05) is 17.0 Å². The third kappa shape index (κ3) is 3.37. The number of fused-ring (bicyclic) bond motifs is 1. The summed E-state index contributed by atoms with van der Waals surface area (Å²) in [5, 5.41) is 14.4. The van der Waals surface area contributed by atoms with Crippen LogP contribution in [-0.4, -0.2) is 31.8 Å². The molecule has 0 spiro atoms. The number of anilines is 2. The van der Waals surface area contributed by atoms with E-state index in [1.54, 1.807) is 6.20 Å². The number of amides is 2. The number of aromatic amines is 1. The van der Waals surface area contributed by atoms with E-state index >= 15 is 0 Å². The minimum Gasteiger partial charge on any atom is -0.357 e. The van der Waals surface area contributed by atoms with Crippen molar-refractivity contribution in [2.75, 3.05) is 10.6 Å². The molecule has 8 heteroatoms. The molecule has 2 amide bonds. The third-order valence-electron chi connectivity index (χ3n) is 4.11. The zero-order valence-electron chi connectivity index (χ0n) is 13.7. The number of para-hydroxylation sites is 1. The molecule has 25 heavy (non-hydrogen) atoms. The number of hydrogen-bond donors (Lipinski definition) is 3. The molecular weight excluding hydrogens is 320 g/mol. The Morgan fingerprint density at radius 3 is 2.96 bits per heavy atom. The Labute approximate surface area is 143 Å². The number of hydrogen-bond acceptors (Lipinski definition) is 4. The van der Waals surface area contributed by atoms with Gasteiger partial charge in [0.05, 0.1) is 17.4 Å². The van der Waals surface area contributed by atoms with Gasteiger partial charge < -0.3 is 15.6 Å². The van der Waals surface area contributed by atoms with Crippen molar-refractivity contribution in [1.29, 1.82) is 0 Å². The van der Waals surface area contributed by atoms with Gasteiger partial charge in [0.25, 0.3) is 0 Å². The van der Waals surface area contributed by atoms with E-state index in [0.717, 1.165) is 35.1 Å². The Bertz CT molecular complexity index is 953. The van der Waals surface area contributed by atoms with E-state index < -0.39 is 0 Å². The van der Waals surface area contributed by atoms with E-state index in [1.807, 2.05) is 31.2 Å². The van der Waals surface area contributed by atoms with Crippen LogP contribution < -0.4 is 10.6 Å². The van der Waals surface area contributed by atoms with Gasteiger partial charge in [0.1, 0.15) is 6.54 Å². The van der Waals surface area contributed by atoms with Gasteiger partial charge in [-0.25, -0.2) is 4.68 Å². The Balaban J connectivity index is 1.41. The second kappa shape index (κ2) is 6.04. The lowest BCUT2D eigenvalue weighted by molar-refractivity contribution is -0.117. The summed E-state index contributed by atoms with van der Waals surface area (Å²) in [4.78, 5) is 27.2. The average Bonchev–Trinajstić information content (AvgIpc) is 3.22. The van der Waals surface area contributed by atoms with Crippen LogP contribution in [0, 0.1) is 12.8 Å². The summed E-state index contributed by atoms with van der Waals surface area (Å²) in [6.07, 6.45) is 3.40. The molecule has 0 unspecified atom stereocenters. The first-order valence-corrected chi connectivity index (χ1v) is 8.18. The molecule has 1 aliphatic carbocycles. The zero-order chi connectivity index (χ0) is 17.4. The normalized spacial score (nSPS) is 13.8. The molecule has 128 valence electrons. The Morgan fingerprint density at radius 2 is 2.16 bits per heavy atom. The quantitative estimate of drug-likeness (QED) is 0.662. The lowest BCUT2D eigenvalue weighted by Crippen LogP contribution is -2.19. The van der Waals surface area contributed by atoms with E-state index in [9.17, 15) is 9.59 Å². The van der Waals surface area contributed by atoms with Gasteiger partial charge in [-0.05, 0) is 31.9 Å². The average molecular weight is 338 g/mol. The maximum atomic E-state index is 12.3. The van der Waals surface area contributed by atoms with Crippen LogP contribution in [-0.2, 0) is 16.1 Å². The summed E-state index contributed by atoms with van der Waals surface area (Å²) < 4.78 is 1.40. The number of carbonyl (C=O) groups excluding carboxylic acids is 2. The highest BCUT2D eigenvalue weighted by atomic mass is 16.2. The molecule has 0 atom stereocenters. The Kier molecular flexibility index (Phi) is 3.72. The number of nitrogens with one attached hydrogen (secondary N) is 3. The first-order valence-electron chi connectivity index (χ1n) is 8.18. The number of aryl methyl sites for hydroxylation is 1. The maximum Gasteiger partial charge on any atom is 0.246 e. The lowest BCUT2D eigenvalue weighted by Gasteiger charge is -2.06. The third-order valence-corrected chi connectivity index (χ3v) is 4.11. The van der Waals surface area contributed by atoms with Crippen LogP contribution in [0.2, 0.25) is 0 Å². The first kappa shape index (κ1) is 15.4. The molecule has 0 saturated heterocycles. The van der Waals surface area contributed by atoms with Gasteiger partial charge in [0.2, 0.25) is 11.8 Å². The van der Waals surface area contributed by atoms with E-state index in [1.165, 1.54) is 4.68 Å². The highest BCUT2D eigenvalue weighted by Gasteiger charge is 2.30. The van der Waals surface area contributed by atoms with Crippen molar-refractivity contribution in [1.82, 2.24) is 20.0 Å². The molecular formula is C17H18N6O2. The van der Waals surface area contributed by atoms with E-state index in [2.05, 4.69) is 25.9 Å². The number of carbonyl (C=O) groups is 2. The van der Waals surface area contributed by atoms with Crippen LogP contribution in [0.15, 0.2) is 30.5 Å². The second-order valence-corrected chi connectivity index (χ2v) is 6.34. The van der Waals surface area contributed by atoms with Crippen LogP contribution in [0.3, 0.4) is 0 Å². The van der Waals surface area contributed by atoms with Crippen LogP contribution in [0.1, 0.15) is 18.5 Å². The van der Waals surface area contributed by atoms with Crippen molar-refractivity contribution < 1.29 is 9.59 Å². The van der Waals surface area contributed by atoms with E-state index in [0.29, 0.717) is 5.82 Å². The summed E-state index contributed by atoms with van der Waals surface area (Å²) in [6.45, 7) is 1.99. The van der Waals surface area contributed by atoms with Gasteiger partial charge in [-0.2, -0.15) is 0 Å². The highest BCUT2D eigenvalue weighted by molar-refractivity contribution is 6.00. The minimum atomic E-state index is -0.218. The summed E-state index contributed by atoms with van der Waals surface area (Å²) in [5.74, 6) is 0.208. The minimum absolute atomic E-state index is 0.0162. The summed E-state index contributed by atoms with van der Waals surface area (Å²) >= 11 is 0. The number of aromatic nitrogens is 4. The number of rotatable bonds is 5. The number of H-pyrrole nitrogens is 1. The van der Waals surface area contributed by atoms with Crippen molar-refractivity contribution in [3.8, 4) is 0 Å². The van der Waals surface area contributed by atoms with Crippen molar-refractivity contribution in [2.45, 2.75) is 26.3 Å². The highest BCUT2D eigenvalue weighted by Crippen LogP contribution is 2.29. The van der Waals surface area contributed by atoms with Gasteiger partial charge >= 0.3 is 0 Å². The molecule has 2 aromatic heterocycles. The SMILES string of the molecule is Cc1cc2cccc(NC(=O)Cn3cc(NC(=O)C4CC4)nn3)c2[nH]1. The Hall–Kier alpha value is -3.16. The van der Waals surface area contributed by atoms with Crippen LogP contribution in [0.5, 0.6) is 0 Å². The molecule has 3 aromatic rings. The number of nitrogens with zero attached hydrogens (tertiary/aromatic N) is 3. The largest absolute Gasteiger partial charge is 0.357 e. The summed E-state index contributed by atoms with van der Waals surface area (Å²) in [5.41, 5.74) is 2.64. The molecule has 3 N–H and O–H groups in total. The topological polar surface area (TPSA) is 105 Å². The molecule has 1 aromatic carbocycles. The standard InChI is InChI=1S/C17H18N6O2/c1-10-7-12-3-2-4-13(16(12)18-10)19-15(24)9-23-8-14(21-22-23)20-17(25)11-5-6-11/h2-4,7-8,11,18H,5-6,9H2,1H3,(H,19,24)(H,20,25). The summed E-state index contributed by atoms with van der Waals surface area (Å²) in [6, 6.07) is 7.75. The molecule has 1 aliphatic rings. The molecule has 1 saturated carbocycles. The smallest absolute Gasteiger partial charge is 0.246 e. The predicted molar refractivity (Wildman–Crippen MR) is 93.0 cm³/mol. The molecule has 2 heterocycles. The van der Waals surface area contributed by atoms with Crippen molar-refractivity contribution in [3.63, 3.8) is 0 Å². The van der Waals surface area contributed by atoms with Crippen LogP contribution in [0.25, 0.3) is 10.9 Å². The molecule has 0 radical (unpaired) electrons. The van der Waals surface area contributed by atoms with E-state index in [-0.39, 0.29) is 24.3 Å². The van der Waals surface area contributed by atoms with Crippen LogP contribution in [0.4, 0.5) is 11.5 Å².